The van der Waals surface area contributed by atoms with Crippen molar-refractivity contribution in [2.45, 2.75) is 4.90 Å². The minimum absolute atomic E-state index is 0.288. The van der Waals surface area contributed by atoms with Crippen molar-refractivity contribution < 1.29 is 26.8 Å². The highest BCUT2D eigenvalue weighted by Gasteiger charge is 2.39. The second-order valence-electron chi connectivity index (χ2n) is 3.27. The summed E-state index contributed by atoms with van der Waals surface area (Å²) >= 11 is 0.288. The van der Waals surface area contributed by atoms with Crippen molar-refractivity contribution in [2.75, 3.05) is 6.26 Å². The van der Waals surface area contributed by atoms with Crippen LogP contribution >= 0.6 is 12.0 Å². The van der Waals surface area contributed by atoms with Gasteiger partial charge in [0.25, 0.3) is 5.69 Å². The van der Waals surface area contributed by atoms with Gasteiger partial charge in [-0.1, -0.05) is 0 Å². The lowest BCUT2D eigenvalue weighted by atomic mass is 10.2. The molecular weight excluding hydrogens is 334 g/mol. The summed E-state index contributed by atoms with van der Waals surface area (Å²) in [6.45, 7) is 0. The first-order valence-corrected chi connectivity index (χ1v) is 7.26. The second kappa shape index (κ2) is 5.98. The Bertz CT molecular complexity index is 694. The minimum atomic E-state index is -4.85. The van der Waals surface area contributed by atoms with E-state index in [1.54, 1.807) is 0 Å². The van der Waals surface area contributed by atoms with E-state index in [-0.39, 0.29) is 12.0 Å². The van der Waals surface area contributed by atoms with Crippen molar-refractivity contribution in [1.29, 1.82) is 0 Å². The number of nitro groups is 3. The van der Waals surface area contributed by atoms with Crippen LogP contribution in [0.25, 0.3) is 0 Å². The molecule has 0 atom stereocenters. The van der Waals surface area contributed by atoms with Crippen molar-refractivity contribution in [3.8, 4) is 0 Å². The molecule has 0 N–H and O–H groups in total. The van der Waals surface area contributed by atoms with Gasteiger partial charge in [-0.2, -0.15) is 12.0 Å². The van der Waals surface area contributed by atoms with E-state index < -0.39 is 46.8 Å². The molecular formula is C7H5N3O9S2. The van der Waals surface area contributed by atoms with Crippen molar-refractivity contribution >= 4 is 39.2 Å². The van der Waals surface area contributed by atoms with Gasteiger partial charge in [0.2, 0.25) is 4.90 Å². The van der Waals surface area contributed by atoms with Gasteiger partial charge < -0.3 is 0 Å². The van der Waals surface area contributed by atoms with Crippen molar-refractivity contribution in [2.24, 2.45) is 0 Å². The van der Waals surface area contributed by atoms with Crippen LogP contribution in [0.5, 0.6) is 0 Å². The normalized spacial score (nSPS) is 11.1. The summed E-state index contributed by atoms with van der Waals surface area (Å²) in [4.78, 5) is 27.3. The van der Waals surface area contributed by atoms with Crippen LogP contribution in [-0.4, -0.2) is 29.4 Å². The van der Waals surface area contributed by atoms with E-state index in [2.05, 4.69) is 3.63 Å². The number of non-ortho nitro benzene ring substituents is 1. The van der Waals surface area contributed by atoms with Crippen LogP contribution in [0.15, 0.2) is 17.0 Å². The van der Waals surface area contributed by atoms with E-state index in [0.29, 0.717) is 12.1 Å². The first-order valence-electron chi connectivity index (χ1n) is 4.70. The zero-order valence-corrected chi connectivity index (χ0v) is 11.6. The molecule has 14 heteroatoms. The predicted octanol–water partition coefficient (Wildman–Crippen LogP) is 1.39. The summed E-state index contributed by atoms with van der Waals surface area (Å²) in [6, 6.07) is 0.618. The molecule has 0 saturated heterocycles. The minimum Gasteiger partial charge on any atom is -0.258 e. The highest BCUT2D eigenvalue weighted by atomic mass is 32.3. The molecule has 12 nitrogen and oxygen atoms in total. The van der Waals surface area contributed by atoms with E-state index in [1.807, 2.05) is 0 Å². The van der Waals surface area contributed by atoms with Gasteiger partial charge in [0.05, 0.1) is 26.9 Å². The van der Waals surface area contributed by atoms with Crippen LogP contribution in [-0.2, 0) is 13.7 Å². The molecule has 0 saturated carbocycles. The number of nitrogens with zero attached hydrogens (tertiary/aromatic N) is 3. The fourth-order valence-corrected chi connectivity index (χ4v) is 3.11. The lowest BCUT2D eigenvalue weighted by Gasteiger charge is -2.04. The molecule has 21 heavy (non-hydrogen) atoms. The molecule has 0 aliphatic rings. The number of benzene rings is 1. The highest BCUT2D eigenvalue weighted by Crippen LogP contribution is 2.38. The number of hydrogen-bond donors (Lipinski definition) is 0. The van der Waals surface area contributed by atoms with Gasteiger partial charge >= 0.3 is 21.5 Å². The van der Waals surface area contributed by atoms with E-state index in [9.17, 15) is 38.8 Å². The number of nitro benzene ring substituents is 3. The Kier molecular flexibility index (Phi) is 4.77. The van der Waals surface area contributed by atoms with Crippen LogP contribution < -0.4 is 0 Å². The molecule has 0 heterocycles. The van der Waals surface area contributed by atoms with Crippen LogP contribution in [0.4, 0.5) is 17.1 Å². The zero-order chi connectivity index (χ0) is 16.4. The van der Waals surface area contributed by atoms with Crippen LogP contribution in [0.1, 0.15) is 0 Å². The molecule has 0 amide bonds. The van der Waals surface area contributed by atoms with E-state index in [0.717, 1.165) is 0 Å². The van der Waals surface area contributed by atoms with Crippen molar-refractivity contribution in [3.05, 3.63) is 42.5 Å². The molecule has 0 bridgehead atoms. The van der Waals surface area contributed by atoms with E-state index in [1.165, 1.54) is 6.26 Å². The smallest absolute Gasteiger partial charge is 0.258 e. The highest BCUT2D eigenvalue weighted by molar-refractivity contribution is 8.04. The molecule has 1 aromatic rings. The summed E-state index contributed by atoms with van der Waals surface area (Å²) in [5.41, 5.74) is -3.62. The lowest BCUT2D eigenvalue weighted by molar-refractivity contribution is -0.407. The van der Waals surface area contributed by atoms with Crippen LogP contribution in [0, 0.1) is 30.3 Å². The fourth-order valence-electron chi connectivity index (χ4n) is 1.34. The van der Waals surface area contributed by atoms with E-state index >= 15 is 0 Å². The third-order valence-electron chi connectivity index (χ3n) is 2.05. The fraction of sp³-hybridized carbons (Fsp3) is 0.143. The molecule has 0 aliphatic carbocycles. The first kappa shape index (κ1) is 16.7. The van der Waals surface area contributed by atoms with Gasteiger partial charge in [0, 0.05) is 18.3 Å². The van der Waals surface area contributed by atoms with Crippen molar-refractivity contribution in [3.63, 3.8) is 0 Å². The maximum absolute atomic E-state index is 11.7. The predicted molar refractivity (Wildman–Crippen MR) is 68.2 cm³/mol. The summed E-state index contributed by atoms with van der Waals surface area (Å²) in [5, 5.41) is 32.3. The summed E-state index contributed by atoms with van der Waals surface area (Å²) in [7, 11) is -4.85. The third kappa shape index (κ3) is 3.41. The summed E-state index contributed by atoms with van der Waals surface area (Å²) < 4.78 is 27.7. The molecule has 1 aromatic carbocycles. The van der Waals surface area contributed by atoms with Gasteiger partial charge in [-0.05, 0) is 0 Å². The quantitative estimate of drug-likeness (QED) is 0.418. The Morgan fingerprint density at radius 3 is 1.71 bits per heavy atom. The molecule has 0 spiro atoms. The molecule has 0 unspecified atom stereocenters. The summed E-state index contributed by atoms with van der Waals surface area (Å²) in [5.74, 6) is 0. The van der Waals surface area contributed by atoms with Crippen LogP contribution in [0.2, 0.25) is 0 Å². The SMILES string of the molecule is CSOS(=O)(=O)c1c([N+](=O)[O-])cc([N+](=O)[O-])cc1[N+](=O)[O-]. The average molecular weight is 339 g/mol. The molecule has 1 rings (SSSR count). The molecule has 114 valence electrons. The van der Waals surface area contributed by atoms with Gasteiger partial charge in [0.1, 0.15) is 0 Å². The third-order valence-corrected chi connectivity index (χ3v) is 4.23. The maximum Gasteiger partial charge on any atom is 0.321 e. The van der Waals surface area contributed by atoms with Gasteiger partial charge in [-0.3, -0.25) is 30.3 Å². The van der Waals surface area contributed by atoms with E-state index in [4.69, 9.17) is 0 Å². The molecule has 0 fully saturated rings. The Morgan fingerprint density at radius 1 is 1.00 bits per heavy atom. The second-order valence-corrected chi connectivity index (χ2v) is 5.47. The molecule has 0 aromatic heterocycles. The van der Waals surface area contributed by atoms with Gasteiger partial charge in [-0.15, -0.1) is 0 Å². The standard InChI is InChI=1S/C7H5N3O9S2/c1-20-19-21(17,18)7-5(9(13)14)2-4(8(11)12)3-6(7)10(15)16/h2-3H,1H3. The Labute approximate surface area is 120 Å². The Hall–Kier alpha value is -2.32. The topological polar surface area (TPSA) is 173 Å². The largest absolute Gasteiger partial charge is 0.321 e. The Balaban J connectivity index is 3.87. The Morgan fingerprint density at radius 2 is 1.43 bits per heavy atom. The van der Waals surface area contributed by atoms with Gasteiger partial charge in [0.15, 0.2) is 0 Å². The van der Waals surface area contributed by atoms with Gasteiger partial charge in [-0.25, -0.2) is 0 Å². The first-order chi connectivity index (χ1) is 9.61. The maximum atomic E-state index is 11.7. The monoisotopic (exact) mass is 339 g/mol. The molecule has 0 radical (unpaired) electrons. The average Bonchev–Trinajstić information content (AvgIpc) is 2.36. The number of hydrogen-bond acceptors (Lipinski definition) is 10. The zero-order valence-electron chi connectivity index (χ0n) is 9.99. The number of rotatable bonds is 6. The van der Waals surface area contributed by atoms with Crippen molar-refractivity contribution in [1.82, 2.24) is 0 Å². The lowest BCUT2D eigenvalue weighted by Crippen LogP contribution is -2.10. The van der Waals surface area contributed by atoms with Crippen LogP contribution in [0.3, 0.4) is 0 Å². The summed E-state index contributed by atoms with van der Waals surface area (Å²) in [6.07, 6.45) is 1.17. The molecule has 0 aliphatic heterocycles.